The molecule has 2 fully saturated rings. The standard InChI is InChI=1S/C17H28N2O5/c1-16(2,3)14(21)19-8-4-5-12(11-19)13(20)18-9-6-17(24,7-10-18)15(22)23/h12,24H,4-11H2,1-3H3,(H,22,23). The van der Waals surface area contributed by atoms with Crippen LogP contribution in [0.5, 0.6) is 0 Å². The predicted molar refractivity (Wildman–Crippen MR) is 87.2 cm³/mol. The minimum absolute atomic E-state index is 0.0335. The van der Waals surface area contributed by atoms with Crippen LogP contribution < -0.4 is 0 Å². The third kappa shape index (κ3) is 3.88. The first-order chi connectivity index (χ1) is 11.0. The number of carbonyl (C=O) groups is 3. The molecular formula is C17H28N2O5. The van der Waals surface area contributed by atoms with Gasteiger partial charge in [-0.2, -0.15) is 0 Å². The lowest BCUT2D eigenvalue weighted by Gasteiger charge is -2.40. The average Bonchev–Trinajstić information content (AvgIpc) is 2.53. The highest BCUT2D eigenvalue weighted by atomic mass is 16.4. The van der Waals surface area contributed by atoms with Gasteiger partial charge in [-0.15, -0.1) is 0 Å². The number of rotatable bonds is 2. The topological polar surface area (TPSA) is 98.2 Å². The monoisotopic (exact) mass is 340 g/mol. The summed E-state index contributed by atoms with van der Waals surface area (Å²) in [6.07, 6.45) is 1.63. The first-order valence-corrected chi connectivity index (χ1v) is 8.58. The van der Waals surface area contributed by atoms with Gasteiger partial charge in [-0.25, -0.2) is 4.79 Å². The summed E-state index contributed by atoms with van der Waals surface area (Å²) in [4.78, 5) is 39.6. The van der Waals surface area contributed by atoms with Crippen LogP contribution in [0.2, 0.25) is 0 Å². The van der Waals surface area contributed by atoms with Crippen molar-refractivity contribution < 1.29 is 24.6 Å². The molecule has 0 aliphatic carbocycles. The van der Waals surface area contributed by atoms with Gasteiger partial charge in [-0.1, -0.05) is 20.8 Å². The molecule has 7 nitrogen and oxygen atoms in total. The lowest BCUT2D eigenvalue weighted by atomic mass is 9.88. The molecule has 24 heavy (non-hydrogen) atoms. The summed E-state index contributed by atoms with van der Waals surface area (Å²) in [7, 11) is 0. The smallest absolute Gasteiger partial charge is 0.335 e. The lowest BCUT2D eigenvalue weighted by molar-refractivity contribution is -0.166. The van der Waals surface area contributed by atoms with Crippen molar-refractivity contribution in [3.8, 4) is 0 Å². The fraction of sp³-hybridized carbons (Fsp3) is 0.824. The van der Waals surface area contributed by atoms with Crippen molar-refractivity contribution in [2.45, 2.75) is 52.1 Å². The number of hydrogen-bond donors (Lipinski definition) is 2. The summed E-state index contributed by atoms with van der Waals surface area (Å²) in [5, 5.41) is 19.0. The Labute approximate surface area is 142 Å². The summed E-state index contributed by atoms with van der Waals surface area (Å²) in [5.41, 5.74) is -2.19. The van der Waals surface area contributed by atoms with E-state index >= 15 is 0 Å². The summed E-state index contributed by atoms with van der Waals surface area (Å²) >= 11 is 0. The molecule has 0 aromatic carbocycles. The quantitative estimate of drug-likeness (QED) is 0.771. The van der Waals surface area contributed by atoms with E-state index in [1.54, 1.807) is 9.80 Å². The fourth-order valence-electron chi connectivity index (χ4n) is 3.41. The van der Waals surface area contributed by atoms with Gasteiger partial charge in [0.25, 0.3) is 0 Å². The van der Waals surface area contributed by atoms with Gasteiger partial charge < -0.3 is 20.0 Å². The van der Waals surface area contributed by atoms with Crippen molar-refractivity contribution in [2.75, 3.05) is 26.2 Å². The van der Waals surface area contributed by atoms with Crippen molar-refractivity contribution >= 4 is 17.8 Å². The third-order valence-electron chi connectivity index (χ3n) is 5.00. The average molecular weight is 340 g/mol. The molecule has 2 N–H and O–H groups in total. The summed E-state index contributed by atoms with van der Waals surface area (Å²) in [6, 6.07) is 0. The van der Waals surface area contributed by atoms with Crippen LogP contribution in [0.15, 0.2) is 0 Å². The molecule has 136 valence electrons. The number of aliphatic hydroxyl groups is 1. The van der Waals surface area contributed by atoms with Crippen LogP contribution in [0.1, 0.15) is 46.5 Å². The van der Waals surface area contributed by atoms with E-state index in [0.29, 0.717) is 13.1 Å². The second kappa shape index (κ2) is 6.70. The second-order valence-electron chi connectivity index (χ2n) is 8.00. The van der Waals surface area contributed by atoms with E-state index in [4.69, 9.17) is 5.11 Å². The van der Waals surface area contributed by atoms with Gasteiger partial charge in [0, 0.05) is 44.4 Å². The molecule has 2 heterocycles. The fourth-order valence-corrected chi connectivity index (χ4v) is 3.41. The molecule has 2 aliphatic heterocycles. The molecule has 0 spiro atoms. The Hall–Kier alpha value is -1.63. The van der Waals surface area contributed by atoms with Crippen molar-refractivity contribution in [3.63, 3.8) is 0 Å². The summed E-state index contributed by atoms with van der Waals surface area (Å²) in [6.45, 7) is 7.21. The van der Waals surface area contributed by atoms with E-state index in [2.05, 4.69) is 0 Å². The van der Waals surface area contributed by atoms with Crippen molar-refractivity contribution in [1.82, 2.24) is 9.80 Å². The van der Waals surface area contributed by atoms with Crippen LogP contribution in [0.4, 0.5) is 0 Å². The van der Waals surface area contributed by atoms with Gasteiger partial charge in [0.05, 0.1) is 5.92 Å². The molecule has 2 rings (SSSR count). The number of carboxylic acid groups (broad SMARTS) is 1. The number of amides is 2. The van der Waals surface area contributed by atoms with E-state index in [-0.39, 0.29) is 43.7 Å². The van der Waals surface area contributed by atoms with Gasteiger partial charge in [0.1, 0.15) is 0 Å². The maximum atomic E-state index is 12.7. The van der Waals surface area contributed by atoms with E-state index in [9.17, 15) is 19.5 Å². The first-order valence-electron chi connectivity index (χ1n) is 8.58. The molecule has 1 unspecified atom stereocenters. The zero-order valence-electron chi connectivity index (χ0n) is 14.7. The Balaban J connectivity index is 1.96. The second-order valence-corrected chi connectivity index (χ2v) is 8.00. The molecule has 0 aromatic rings. The molecule has 2 aliphatic rings. The normalized spacial score (nSPS) is 24.6. The number of carboxylic acids is 1. The Morgan fingerprint density at radius 1 is 1.04 bits per heavy atom. The summed E-state index contributed by atoms with van der Waals surface area (Å²) < 4.78 is 0. The maximum Gasteiger partial charge on any atom is 0.335 e. The van der Waals surface area contributed by atoms with Crippen LogP contribution in [0.3, 0.4) is 0 Å². The summed E-state index contributed by atoms with van der Waals surface area (Å²) in [5.74, 6) is -1.44. The van der Waals surface area contributed by atoms with Crippen LogP contribution in [-0.4, -0.2) is 69.6 Å². The van der Waals surface area contributed by atoms with E-state index in [1.165, 1.54) is 0 Å². The number of likely N-dealkylation sites (tertiary alicyclic amines) is 2. The van der Waals surface area contributed by atoms with Crippen molar-refractivity contribution in [3.05, 3.63) is 0 Å². The third-order valence-corrected chi connectivity index (χ3v) is 5.00. The highest BCUT2D eigenvalue weighted by molar-refractivity contribution is 5.84. The molecule has 2 saturated heterocycles. The lowest BCUT2D eigenvalue weighted by Crippen LogP contribution is -2.54. The van der Waals surface area contributed by atoms with Gasteiger partial charge >= 0.3 is 5.97 Å². The number of hydrogen-bond acceptors (Lipinski definition) is 4. The molecule has 7 heteroatoms. The number of aliphatic carboxylic acids is 1. The van der Waals surface area contributed by atoms with Gasteiger partial charge in [-0.05, 0) is 12.8 Å². The van der Waals surface area contributed by atoms with Gasteiger partial charge in [0.2, 0.25) is 11.8 Å². The van der Waals surface area contributed by atoms with Crippen molar-refractivity contribution in [2.24, 2.45) is 11.3 Å². The minimum Gasteiger partial charge on any atom is -0.479 e. The largest absolute Gasteiger partial charge is 0.479 e. The molecular weight excluding hydrogens is 312 g/mol. The van der Waals surface area contributed by atoms with E-state index in [0.717, 1.165) is 12.8 Å². The number of piperidine rings is 2. The predicted octanol–water partition coefficient (Wildman–Crippen LogP) is 0.709. The Kier molecular flexibility index (Phi) is 5.22. The Morgan fingerprint density at radius 3 is 2.12 bits per heavy atom. The maximum absolute atomic E-state index is 12.7. The molecule has 2 amide bonds. The van der Waals surface area contributed by atoms with Crippen LogP contribution in [-0.2, 0) is 14.4 Å². The Morgan fingerprint density at radius 2 is 1.62 bits per heavy atom. The van der Waals surface area contributed by atoms with E-state index in [1.807, 2.05) is 20.8 Å². The van der Waals surface area contributed by atoms with Crippen LogP contribution >= 0.6 is 0 Å². The number of nitrogens with zero attached hydrogens (tertiary/aromatic N) is 2. The minimum atomic E-state index is -1.72. The highest BCUT2D eigenvalue weighted by Crippen LogP contribution is 2.27. The van der Waals surface area contributed by atoms with Crippen LogP contribution in [0.25, 0.3) is 0 Å². The molecule has 1 atom stereocenters. The molecule has 0 saturated carbocycles. The number of carbonyl (C=O) groups excluding carboxylic acids is 2. The molecule has 0 aromatic heterocycles. The zero-order chi connectivity index (χ0) is 18.1. The Bertz CT molecular complexity index is 518. The van der Waals surface area contributed by atoms with Crippen LogP contribution in [0, 0.1) is 11.3 Å². The molecule has 0 radical (unpaired) electrons. The van der Waals surface area contributed by atoms with E-state index < -0.39 is 17.0 Å². The highest BCUT2D eigenvalue weighted by Gasteiger charge is 2.42. The molecule has 0 bridgehead atoms. The van der Waals surface area contributed by atoms with Gasteiger partial charge in [0.15, 0.2) is 5.60 Å². The SMILES string of the molecule is CC(C)(C)C(=O)N1CCCC(C(=O)N2CCC(O)(C(=O)O)CC2)C1. The van der Waals surface area contributed by atoms with Gasteiger partial charge in [-0.3, -0.25) is 9.59 Å². The first kappa shape index (κ1) is 18.7. The zero-order valence-corrected chi connectivity index (χ0v) is 14.7. The van der Waals surface area contributed by atoms with Crippen molar-refractivity contribution in [1.29, 1.82) is 0 Å².